The normalized spacial score (nSPS) is 14.5. The van der Waals surface area contributed by atoms with Gasteiger partial charge in [0, 0.05) is 11.1 Å². The molecule has 0 unspecified atom stereocenters. The van der Waals surface area contributed by atoms with Crippen LogP contribution in [0.5, 0.6) is 0 Å². The molecule has 2 aromatic carbocycles. The van der Waals surface area contributed by atoms with Gasteiger partial charge >= 0.3 is 0 Å². The van der Waals surface area contributed by atoms with Gasteiger partial charge in [-0.1, -0.05) is 58.0 Å². The van der Waals surface area contributed by atoms with Crippen molar-refractivity contribution in [1.29, 1.82) is 0 Å². The van der Waals surface area contributed by atoms with Gasteiger partial charge in [0.15, 0.2) is 11.2 Å². The van der Waals surface area contributed by atoms with E-state index in [2.05, 4.69) is 10.6 Å². The maximum absolute atomic E-state index is 13.1. The van der Waals surface area contributed by atoms with Crippen molar-refractivity contribution in [2.75, 3.05) is 0 Å². The second kappa shape index (κ2) is 9.96. The van der Waals surface area contributed by atoms with Crippen molar-refractivity contribution in [2.24, 2.45) is 11.8 Å². The lowest BCUT2D eigenvalue weighted by atomic mass is 9.95. The molecule has 1 aromatic heterocycles. The zero-order valence-corrected chi connectivity index (χ0v) is 18.8. The third-order valence-corrected chi connectivity index (χ3v) is 5.48. The summed E-state index contributed by atoms with van der Waals surface area (Å²) in [6.07, 6.45) is 0.667. The Hall–Kier alpha value is -3.19. The fourth-order valence-corrected chi connectivity index (χ4v) is 3.75. The van der Waals surface area contributed by atoms with Crippen molar-refractivity contribution in [3.8, 4) is 11.1 Å². The fourth-order valence-electron chi connectivity index (χ4n) is 3.75. The minimum absolute atomic E-state index is 0.119. The van der Waals surface area contributed by atoms with Gasteiger partial charge in [0.05, 0.1) is 12.3 Å². The molecule has 0 aliphatic heterocycles. The highest BCUT2D eigenvalue weighted by Crippen LogP contribution is 2.33. The molecule has 1 heterocycles. The van der Waals surface area contributed by atoms with E-state index in [1.807, 2.05) is 58.0 Å². The molecule has 0 aliphatic rings. The first kappa shape index (κ1) is 23.5. The molecule has 0 spiro atoms. The summed E-state index contributed by atoms with van der Waals surface area (Å²) in [4.78, 5) is 38.0. The number of nitrogens with one attached hydrogen (secondary N) is 2. The third kappa shape index (κ3) is 5.34. The number of aliphatic hydroxyl groups is 1. The summed E-state index contributed by atoms with van der Waals surface area (Å²) in [5, 5.41) is 16.6. The lowest BCUT2D eigenvalue weighted by molar-refractivity contribution is -0.125. The maximum Gasteiger partial charge on any atom is 0.287 e. The second-order valence-electron chi connectivity index (χ2n) is 8.84. The summed E-state index contributed by atoms with van der Waals surface area (Å²) >= 11 is 0. The lowest BCUT2D eigenvalue weighted by Gasteiger charge is -2.29. The first-order valence-corrected chi connectivity index (χ1v) is 10.9. The topological polar surface area (TPSA) is 109 Å². The van der Waals surface area contributed by atoms with Crippen LogP contribution in [0, 0.1) is 11.8 Å². The molecule has 0 bridgehead atoms. The standard InChI is InChI=1S/C25H30N2O5/c1-14(2)13-17(26-25(31)18-11-8-12-32-18)24(30)27-21(15(3)4)23(29)20-19(22(20)28)16-9-6-5-7-10-16/h5-12,14-15,17,21,23,29H,13H2,1-4H3,(H,26,31)(H,27,30)/t17-,21-,23-/m0/s1. The summed E-state index contributed by atoms with van der Waals surface area (Å²) in [6.45, 7) is 7.63. The highest BCUT2D eigenvalue weighted by molar-refractivity contribution is 5.95. The Labute approximate surface area is 187 Å². The van der Waals surface area contributed by atoms with Gasteiger partial charge in [0.1, 0.15) is 12.1 Å². The van der Waals surface area contributed by atoms with Crippen LogP contribution in [0.1, 0.15) is 56.3 Å². The van der Waals surface area contributed by atoms with Crippen LogP contribution in [-0.4, -0.2) is 29.0 Å². The van der Waals surface area contributed by atoms with Crippen LogP contribution < -0.4 is 16.1 Å². The molecular formula is C25H30N2O5. The first-order valence-electron chi connectivity index (χ1n) is 10.9. The predicted octanol–water partition coefficient (Wildman–Crippen LogP) is 3.20. The summed E-state index contributed by atoms with van der Waals surface area (Å²) in [5.74, 6) is -0.779. The SMILES string of the molecule is CC(C)C[C@H](NC(=O)c1ccco1)C(=O)N[C@@H](C(C)C)[C@@H](O)c1c(-c2ccccc2)c1=O. The van der Waals surface area contributed by atoms with Crippen LogP contribution in [0.25, 0.3) is 11.1 Å². The molecule has 3 rings (SSSR count). The van der Waals surface area contributed by atoms with Gasteiger partial charge < -0.3 is 20.2 Å². The molecule has 7 heteroatoms. The Bertz CT molecular complexity index is 1050. The van der Waals surface area contributed by atoms with Gasteiger partial charge in [0.2, 0.25) is 5.91 Å². The number of amides is 2. The van der Waals surface area contributed by atoms with Crippen LogP contribution >= 0.6 is 0 Å². The molecule has 3 atom stereocenters. The summed E-state index contributed by atoms with van der Waals surface area (Å²) < 4.78 is 5.12. The molecule has 0 saturated carbocycles. The number of furan rings is 1. The van der Waals surface area contributed by atoms with Crippen molar-refractivity contribution in [3.05, 3.63) is 70.3 Å². The molecule has 170 valence electrons. The summed E-state index contributed by atoms with van der Waals surface area (Å²) in [6, 6.07) is 10.8. The molecule has 3 N–H and O–H groups in total. The highest BCUT2D eigenvalue weighted by atomic mass is 16.3. The molecule has 2 amide bonds. The van der Waals surface area contributed by atoms with Crippen molar-refractivity contribution in [2.45, 2.75) is 52.3 Å². The maximum atomic E-state index is 13.1. The van der Waals surface area contributed by atoms with E-state index >= 15 is 0 Å². The molecule has 7 nitrogen and oxygen atoms in total. The average molecular weight is 439 g/mol. The van der Waals surface area contributed by atoms with Gasteiger partial charge in [-0.25, -0.2) is 0 Å². The number of carbonyl (C=O) groups excluding carboxylic acids is 2. The Morgan fingerprint density at radius 1 is 1.00 bits per heavy atom. The van der Waals surface area contributed by atoms with Crippen molar-refractivity contribution < 1.29 is 19.1 Å². The number of carbonyl (C=O) groups is 2. The highest BCUT2D eigenvalue weighted by Gasteiger charge is 2.37. The Kier molecular flexibility index (Phi) is 7.30. The van der Waals surface area contributed by atoms with E-state index in [0.29, 0.717) is 17.5 Å². The zero-order valence-electron chi connectivity index (χ0n) is 18.8. The third-order valence-electron chi connectivity index (χ3n) is 5.48. The van der Waals surface area contributed by atoms with E-state index in [1.165, 1.54) is 12.3 Å². The molecule has 0 radical (unpaired) electrons. The number of hydrogen-bond acceptors (Lipinski definition) is 5. The van der Waals surface area contributed by atoms with Crippen LogP contribution in [-0.2, 0) is 4.79 Å². The van der Waals surface area contributed by atoms with E-state index in [4.69, 9.17) is 4.42 Å². The van der Waals surface area contributed by atoms with Crippen molar-refractivity contribution >= 4 is 11.8 Å². The smallest absolute Gasteiger partial charge is 0.287 e. The summed E-state index contributed by atoms with van der Waals surface area (Å²) in [5.41, 5.74) is 1.40. The van der Waals surface area contributed by atoms with Gasteiger partial charge in [-0.3, -0.25) is 14.4 Å². The molecule has 3 aromatic rings. The van der Waals surface area contributed by atoms with E-state index in [-0.39, 0.29) is 23.0 Å². The molecule has 0 aliphatic carbocycles. The Balaban J connectivity index is 1.75. The Morgan fingerprint density at radius 3 is 2.25 bits per heavy atom. The van der Waals surface area contributed by atoms with E-state index in [1.54, 1.807) is 6.07 Å². The largest absolute Gasteiger partial charge is 0.459 e. The summed E-state index contributed by atoms with van der Waals surface area (Å²) in [7, 11) is 0. The van der Waals surface area contributed by atoms with E-state index < -0.39 is 30.0 Å². The predicted molar refractivity (Wildman–Crippen MR) is 122 cm³/mol. The minimum Gasteiger partial charge on any atom is -0.459 e. The fraction of sp³-hybridized carbons (Fsp3) is 0.400. The Morgan fingerprint density at radius 2 is 1.69 bits per heavy atom. The van der Waals surface area contributed by atoms with Gasteiger partial charge in [0.25, 0.3) is 5.91 Å². The zero-order chi connectivity index (χ0) is 23.4. The monoisotopic (exact) mass is 438 g/mol. The van der Waals surface area contributed by atoms with Crippen LogP contribution in [0.15, 0.2) is 57.9 Å². The molecule has 0 fully saturated rings. The van der Waals surface area contributed by atoms with Gasteiger partial charge in [-0.05, 0) is 36.0 Å². The number of benzene rings is 1. The van der Waals surface area contributed by atoms with Crippen molar-refractivity contribution in [3.63, 3.8) is 0 Å². The van der Waals surface area contributed by atoms with E-state index in [9.17, 15) is 19.5 Å². The molecule has 32 heavy (non-hydrogen) atoms. The minimum atomic E-state index is -1.14. The lowest BCUT2D eigenvalue weighted by Crippen LogP contribution is -2.52. The van der Waals surface area contributed by atoms with Crippen LogP contribution in [0.4, 0.5) is 0 Å². The van der Waals surface area contributed by atoms with Gasteiger partial charge in [-0.2, -0.15) is 0 Å². The first-order chi connectivity index (χ1) is 15.2. The number of hydrogen-bond donors (Lipinski definition) is 3. The average Bonchev–Trinajstić information content (AvgIpc) is 3.13. The number of aliphatic hydroxyl groups excluding tert-OH is 1. The quantitative estimate of drug-likeness (QED) is 0.450. The molecule has 0 saturated heterocycles. The van der Waals surface area contributed by atoms with Crippen molar-refractivity contribution in [1.82, 2.24) is 10.6 Å². The number of rotatable bonds is 10. The van der Waals surface area contributed by atoms with E-state index in [0.717, 1.165) is 5.56 Å². The second-order valence-corrected chi connectivity index (χ2v) is 8.84. The molecular weight excluding hydrogens is 408 g/mol. The van der Waals surface area contributed by atoms with Crippen LogP contribution in [0.3, 0.4) is 0 Å². The van der Waals surface area contributed by atoms with Crippen LogP contribution in [0.2, 0.25) is 0 Å². The van der Waals surface area contributed by atoms with Gasteiger partial charge in [-0.15, -0.1) is 0 Å².